The molecule has 6 unspecified atom stereocenters. The van der Waals surface area contributed by atoms with E-state index in [2.05, 4.69) is 37.8 Å². The Bertz CT molecular complexity index is 608. The summed E-state index contributed by atoms with van der Waals surface area (Å²) in [6, 6.07) is 0. The molecular weight excluding hydrogens is 338 g/mol. The van der Waals surface area contributed by atoms with Crippen LogP contribution in [0.1, 0.15) is 58.3 Å². The maximum Gasteiger partial charge on any atom is 0.184 e. The molecular formula is C22H37NO2Si. The van der Waals surface area contributed by atoms with Gasteiger partial charge >= 0.3 is 0 Å². The van der Waals surface area contributed by atoms with E-state index in [-0.39, 0.29) is 0 Å². The molecule has 3 saturated carbocycles. The third-order valence-electron chi connectivity index (χ3n) is 7.93. The molecule has 0 aromatic carbocycles. The SMILES string of the molecule is CO/N=C1/C=C2CCC3C(CCC4(C)C(O[Si](C)(C)C)CCC34)C2CC1. The molecule has 146 valence electrons. The van der Waals surface area contributed by atoms with Crippen molar-refractivity contribution in [3.63, 3.8) is 0 Å². The summed E-state index contributed by atoms with van der Waals surface area (Å²) in [4.78, 5) is 5.02. The van der Waals surface area contributed by atoms with E-state index < -0.39 is 8.32 Å². The van der Waals surface area contributed by atoms with E-state index in [1.807, 2.05) is 0 Å². The fourth-order valence-electron chi connectivity index (χ4n) is 6.96. The number of oxime groups is 1. The Morgan fingerprint density at radius 1 is 1.04 bits per heavy atom. The fourth-order valence-corrected chi connectivity index (χ4v) is 8.20. The molecule has 0 spiro atoms. The number of hydrogen-bond acceptors (Lipinski definition) is 3. The molecule has 4 aliphatic rings. The Balaban J connectivity index is 1.53. The summed E-state index contributed by atoms with van der Waals surface area (Å²) in [7, 11) is 0.195. The molecule has 0 bridgehead atoms. The lowest BCUT2D eigenvalue weighted by molar-refractivity contribution is -0.0465. The summed E-state index contributed by atoms with van der Waals surface area (Å²) in [6.07, 6.45) is 13.4. The van der Waals surface area contributed by atoms with E-state index in [1.54, 1.807) is 12.7 Å². The molecule has 0 aromatic heterocycles. The van der Waals surface area contributed by atoms with Gasteiger partial charge in [0, 0.05) is 0 Å². The van der Waals surface area contributed by atoms with Gasteiger partial charge in [-0.2, -0.15) is 0 Å². The highest BCUT2D eigenvalue weighted by molar-refractivity contribution is 6.69. The molecule has 4 rings (SSSR count). The number of nitrogens with zero attached hydrogens (tertiary/aromatic N) is 1. The van der Waals surface area contributed by atoms with Crippen LogP contribution in [-0.4, -0.2) is 27.2 Å². The summed E-state index contributed by atoms with van der Waals surface area (Å²) in [5.74, 6) is 3.53. The minimum Gasteiger partial charge on any atom is -0.414 e. The summed E-state index contributed by atoms with van der Waals surface area (Å²) in [5.41, 5.74) is 3.26. The van der Waals surface area contributed by atoms with Crippen molar-refractivity contribution in [2.75, 3.05) is 7.11 Å². The largest absolute Gasteiger partial charge is 0.414 e. The monoisotopic (exact) mass is 375 g/mol. The first-order valence-corrected chi connectivity index (χ1v) is 14.2. The molecule has 3 nitrogen and oxygen atoms in total. The third-order valence-corrected chi connectivity index (χ3v) is 8.92. The van der Waals surface area contributed by atoms with Crippen molar-refractivity contribution in [2.45, 2.75) is 84.0 Å². The first-order chi connectivity index (χ1) is 12.3. The molecule has 3 fully saturated rings. The predicted octanol–water partition coefficient (Wildman–Crippen LogP) is 5.78. The highest BCUT2D eigenvalue weighted by Gasteiger charge is 2.57. The molecule has 0 aromatic rings. The van der Waals surface area contributed by atoms with E-state index >= 15 is 0 Å². The van der Waals surface area contributed by atoms with Crippen LogP contribution in [0.4, 0.5) is 0 Å². The summed E-state index contributed by atoms with van der Waals surface area (Å²) < 4.78 is 6.70. The Morgan fingerprint density at radius 3 is 2.58 bits per heavy atom. The quantitative estimate of drug-likeness (QED) is 0.462. The molecule has 0 aliphatic heterocycles. The van der Waals surface area contributed by atoms with Crippen molar-refractivity contribution < 1.29 is 9.26 Å². The molecule has 0 radical (unpaired) electrons. The van der Waals surface area contributed by atoms with Gasteiger partial charge in [-0.1, -0.05) is 17.7 Å². The van der Waals surface area contributed by atoms with Gasteiger partial charge in [-0.05, 0) is 106 Å². The van der Waals surface area contributed by atoms with Crippen molar-refractivity contribution in [1.82, 2.24) is 0 Å². The highest BCUT2D eigenvalue weighted by Crippen LogP contribution is 2.62. The van der Waals surface area contributed by atoms with Crippen molar-refractivity contribution in [3.05, 3.63) is 11.6 Å². The van der Waals surface area contributed by atoms with E-state index in [0.29, 0.717) is 11.5 Å². The van der Waals surface area contributed by atoms with Gasteiger partial charge in [0.1, 0.15) is 7.11 Å². The van der Waals surface area contributed by atoms with Gasteiger partial charge in [0.25, 0.3) is 0 Å². The fraction of sp³-hybridized carbons (Fsp3) is 0.864. The van der Waals surface area contributed by atoms with Gasteiger partial charge in [0.2, 0.25) is 0 Å². The zero-order valence-electron chi connectivity index (χ0n) is 17.4. The van der Waals surface area contributed by atoms with Gasteiger partial charge in [0.05, 0.1) is 11.8 Å². The molecule has 4 aliphatic carbocycles. The molecule has 0 heterocycles. The van der Waals surface area contributed by atoms with Crippen LogP contribution in [0.25, 0.3) is 0 Å². The topological polar surface area (TPSA) is 30.8 Å². The van der Waals surface area contributed by atoms with Crippen LogP contribution in [0.5, 0.6) is 0 Å². The second-order valence-electron chi connectivity index (χ2n) is 10.4. The predicted molar refractivity (Wildman–Crippen MR) is 110 cm³/mol. The van der Waals surface area contributed by atoms with E-state index in [1.165, 1.54) is 44.9 Å². The van der Waals surface area contributed by atoms with Crippen LogP contribution < -0.4 is 0 Å². The molecule has 4 heteroatoms. The van der Waals surface area contributed by atoms with Gasteiger partial charge in [0.15, 0.2) is 8.32 Å². The maximum absolute atomic E-state index is 6.70. The van der Waals surface area contributed by atoms with Crippen LogP contribution >= 0.6 is 0 Å². The second kappa shape index (κ2) is 6.77. The lowest BCUT2D eigenvalue weighted by Gasteiger charge is -2.54. The molecule has 0 N–H and O–H groups in total. The summed E-state index contributed by atoms with van der Waals surface area (Å²) >= 11 is 0. The minimum absolute atomic E-state index is 0.431. The van der Waals surface area contributed by atoms with Crippen molar-refractivity contribution in [1.29, 1.82) is 0 Å². The van der Waals surface area contributed by atoms with Gasteiger partial charge in [-0.15, -0.1) is 0 Å². The maximum atomic E-state index is 6.70. The normalized spacial score (nSPS) is 44.1. The van der Waals surface area contributed by atoms with Gasteiger partial charge in [-0.3, -0.25) is 0 Å². The van der Waals surface area contributed by atoms with E-state index in [0.717, 1.165) is 35.8 Å². The molecule has 0 amide bonds. The van der Waals surface area contributed by atoms with Crippen molar-refractivity contribution in [3.8, 4) is 0 Å². The molecule has 26 heavy (non-hydrogen) atoms. The van der Waals surface area contributed by atoms with Gasteiger partial charge < -0.3 is 9.26 Å². The Morgan fingerprint density at radius 2 is 1.85 bits per heavy atom. The Kier molecular flexibility index (Phi) is 4.88. The summed E-state index contributed by atoms with van der Waals surface area (Å²) in [5, 5.41) is 4.21. The van der Waals surface area contributed by atoms with Crippen LogP contribution in [0.2, 0.25) is 19.6 Å². The number of fused-ring (bicyclic) bond motifs is 5. The smallest absolute Gasteiger partial charge is 0.184 e. The highest BCUT2D eigenvalue weighted by atomic mass is 28.4. The second-order valence-corrected chi connectivity index (χ2v) is 14.9. The Labute approximate surface area is 160 Å². The van der Waals surface area contributed by atoms with Gasteiger partial charge in [-0.25, -0.2) is 0 Å². The van der Waals surface area contributed by atoms with Crippen molar-refractivity contribution in [2.24, 2.45) is 34.2 Å². The van der Waals surface area contributed by atoms with E-state index in [9.17, 15) is 0 Å². The minimum atomic E-state index is -1.47. The number of allylic oxidation sites excluding steroid dienone is 2. The standard InChI is InChI=1S/C22H37NO2Si/c1-22-13-12-18-17-9-7-16(23-24-2)14-15(17)6-8-19(18)20(22)10-11-21(22)25-26(3,4)5/h14,17-21H,6-13H2,1-5H3/b23-16+. The Hall–Kier alpha value is -0.613. The first-order valence-electron chi connectivity index (χ1n) is 10.8. The lowest BCUT2D eigenvalue weighted by atomic mass is 9.52. The van der Waals surface area contributed by atoms with Crippen molar-refractivity contribution >= 4 is 14.0 Å². The number of rotatable bonds is 3. The lowest BCUT2D eigenvalue weighted by Crippen LogP contribution is -2.49. The molecule has 0 saturated heterocycles. The van der Waals surface area contributed by atoms with Crippen LogP contribution in [0.15, 0.2) is 16.8 Å². The summed E-state index contributed by atoms with van der Waals surface area (Å²) in [6.45, 7) is 9.64. The first kappa shape index (κ1) is 18.7. The molecule has 6 atom stereocenters. The van der Waals surface area contributed by atoms with Crippen LogP contribution in [0, 0.1) is 29.1 Å². The zero-order valence-corrected chi connectivity index (χ0v) is 18.4. The third kappa shape index (κ3) is 3.21. The zero-order chi connectivity index (χ0) is 18.5. The van der Waals surface area contributed by atoms with Crippen LogP contribution in [0.3, 0.4) is 0 Å². The van der Waals surface area contributed by atoms with Crippen LogP contribution in [-0.2, 0) is 9.26 Å². The van der Waals surface area contributed by atoms with E-state index in [4.69, 9.17) is 9.26 Å². The average Bonchev–Trinajstić information content (AvgIpc) is 2.90. The average molecular weight is 376 g/mol. The number of hydrogen-bond donors (Lipinski definition) is 0.